The first-order chi connectivity index (χ1) is 46.5. The molecule has 0 bridgehead atoms. The molecular weight excluding hydrogens is 1190 g/mol. The third-order valence-corrected chi connectivity index (χ3v) is 17.9. The van der Waals surface area contributed by atoms with Crippen LogP contribution in [0.2, 0.25) is 0 Å². The van der Waals surface area contributed by atoms with Crippen molar-refractivity contribution < 1.29 is 42.1 Å². The van der Waals surface area contributed by atoms with Gasteiger partial charge in [-0.05, 0) is 96.3 Å². The first-order valence-electron chi connectivity index (χ1n) is 39.4. The Hall–Kier alpha value is -3.85. The topological polar surface area (TPSA) is 111 Å². The van der Waals surface area contributed by atoms with Gasteiger partial charge in [0, 0.05) is 12.8 Å². The van der Waals surface area contributed by atoms with Crippen molar-refractivity contribution in [2.75, 3.05) is 47.5 Å². The number of nitrogens with zero attached hydrogens (tertiary/aromatic N) is 1. The van der Waals surface area contributed by atoms with Crippen molar-refractivity contribution >= 4 is 19.8 Å². The number of esters is 2. The van der Waals surface area contributed by atoms with Crippen LogP contribution >= 0.6 is 7.82 Å². The van der Waals surface area contributed by atoms with Crippen LogP contribution in [-0.4, -0.2) is 70.0 Å². The van der Waals surface area contributed by atoms with Crippen LogP contribution in [0.4, 0.5) is 0 Å². The Morgan fingerprint density at radius 2 is 0.600 bits per heavy atom. The summed E-state index contributed by atoms with van der Waals surface area (Å²) in [5.74, 6) is -0.850. The molecule has 0 spiro atoms. The van der Waals surface area contributed by atoms with Gasteiger partial charge in [-0.15, -0.1) is 0 Å². The fraction of sp³-hybridized carbons (Fsp3) is 0.718. The summed E-state index contributed by atoms with van der Waals surface area (Å²) in [6, 6.07) is 0. The van der Waals surface area contributed by atoms with Crippen molar-refractivity contribution in [2.24, 2.45) is 0 Å². The molecular formula is C85H148NO8P. The van der Waals surface area contributed by atoms with Gasteiger partial charge >= 0.3 is 11.9 Å². The maximum atomic E-state index is 12.9. The van der Waals surface area contributed by atoms with E-state index in [2.05, 4.69) is 148 Å². The number of hydrogen-bond donors (Lipinski definition) is 0. The van der Waals surface area contributed by atoms with Gasteiger partial charge in [0.05, 0.1) is 27.7 Å². The Balaban J connectivity index is 4.07. The maximum absolute atomic E-state index is 12.9. The molecule has 95 heavy (non-hydrogen) atoms. The van der Waals surface area contributed by atoms with Crippen molar-refractivity contribution in [3.63, 3.8) is 0 Å². The lowest BCUT2D eigenvalue weighted by atomic mass is 10.0. The monoisotopic (exact) mass is 1340 g/mol. The van der Waals surface area contributed by atoms with Gasteiger partial charge in [-0.1, -0.05) is 366 Å². The second-order valence-electron chi connectivity index (χ2n) is 27.4. The first-order valence-corrected chi connectivity index (χ1v) is 40.9. The Labute approximate surface area is 587 Å². The number of hydrogen-bond acceptors (Lipinski definition) is 8. The van der Waals surface area contributed by atoms with Crippen LogP contribution in [-0.2, 0) is 32.7 Å². The highest BCUT2D eigenvalue weighted by Crippen LogP contribution is 2.38. The predicted octanol–water partition coefficient (Wildman–Crippen LogP) is 25.7. The molecule has 9 nitrogen and oxygen atoms in total. The molecule has 10 heteroatoms. The third-order valence-electron chi connectivity index (χ3n) is 16.9. The summed E-state index contributed by atoms with van der Waals surface area (Å²) in [6.07, 6.45) is 109. The van der Waals surface area contributed by atoms with Crippen molar-refractivity contribution in [1.82, 2.24) is 0 Å². The summed E-state index contributed by atoms with van der Waals surface area (Å²) in [7, 11) is 1.15. The van der Waals surface area contributed by atoms with E-state index < -0.39 is 26.5 Å². The van der Waals surface area contributed by atoms with Crippen molar-refractivity contribution in [2.45, 2.75) is 347 Å². The molecule has 2 unspecified atom stereocenters. The molecule has 0 fully saturated rings. The molecule has 0 saturated carbocycles. The van der Waals surface area contributed by atoms with E-state index in [0.717, 1.165) is 122 Å². The molecule has 0 aromatic heterocycles. The standard InChI is InChI=1S/C85H148NO8P/c1-6-8-10-12-14-16-18-20-22-24-26-28-30-32-34-36-38-40-41-42-43-44-45-46-48-50-52-54-56-58-60-62-64-66-68-70-72-74-76-78-85(88)94-83(82-93-95(89,90)92-80-79-86(3,4)5)81-91-84(87)77-75-73-71-69-67-65-63-61-59-57-55-53-51-49-47-39-37-35-33-31-29-27-25-23-21-19-17-15-13-11-9-7-2/h8,10,14,16,20,22,26,28,32,34,38,40,42-43,45-46,50,52,56,58,62,64,83H,6-7,9,11-13,15,17-19,21,23-25,27,29-31,33,35-37,39,41,44,47-49,51,53-55,57,59-61,63,65-82H2,1-5H3/b10-8-,16-14-,22-20-,28-26-,34-32-,40-38-,43-42-,46-45-,52-50-,58-56-,64-62-. The van der Waals surface area contributed by atoms with Gasteiger partial charge in [0.15, 0.2) is 6.10 Å². The molecule has 0 heterocycles. The zero-order valence-electron chi connectivity index (χ0n) is 62.3. The number of carbonyl (C=O) groups is 2. The molecule has 0 aliphatic heterocycles. The number of unbranched alkanes of at least 4 members (excludes halogenated alkanes) is 36. The van der Waals surface area contributed by atoms with E-state index in [0.29, 0.717) is 17.4 Å². The van der Waals surface area contributed by atoms with E-state index >= 15 is 0 Å². The molecule has 0 aromatic carbocycles. The number of carbonyl (C=O) groups excluding carboxylic acids is 2. The zero-order chi connectivity index (χ0) is 69.0. The van der Waals surface area contributed by atoms with Crippen LogP contribution in [0.3, 0.4) is 0 Å². The van der Waals surface area contributed by atoms with E-state index in [1.807, 2.05) is 21.1 Å². The fourth-order valence-electron chi connectivity index (χ4n) is 11.0. The van der Waals surface area contributed by atoms with E-state index in [-0.39, 0.29) is 32.0 Å². The van der Waals surface area contributed by atoms with Crippen molar-refractivity contribution in [1.29, 1.82) is 0 Å². The summed E-state index contributed by atoms with van der Waals surface area (Å²) in [5, 5.41) is 0. The van der Waals surface area contributed by atoms with Crippen LogP contribution in [0.25, 0.3) is 0 Å². The third kappa shape index (κ3) is 79.0. The van der Waals surface area contributed by atoms with Gasteiger partial charge < -0.3 is 27.9 Å². The van der Waals surface area contributed by atoms with E-state index in [9.17, 15) is 19.0 Å². The highest BCUT2D eigenvalue weighted by Gasteiger charge is 2.22. The second kappa shape index (κ2) is 74.4. The first kappa shape index (κ1) is 91.2. The smallest absolute Gasteiger partial charge is 0.306 e. The lowest BCUT2D eigenvalue weighted by molar-refractivity contribution is -0.870. The summed E-state index contributed by atoms with van der Waals surface area (Å²) >= 11 is 0. The Bertz CT molecular complexity index is 2070. The van der Waals surface area contributed by atoms with Gasteiger partial charge in [-0.3, -0.25) is 14.2 Å². The van der Waals surface area contributed by atoms with Crippen LogP contribution in [0.5, 0.6) is 0 Å². The highest BCUT2D eigenvalue weighted by atomic mass is 31.2. The molecule has 0 aromatic rings. The minimum absolute atomic E-state index is 0.0398. The van der Waals surface area contributed by atoms with Crippen LogP contribution in [0, 0.1) is 0 Å². The molecule has 0 saturated heterocycles. The van der Waals surface area contributed by atoms with E-state index in [1.165, 1.54) is 186 Å². The summed E-state index contributed by atoms with van der Waals surface area (Å²) in [6.45, 7) is 4.14. The molecule has 0 N–H and O–H groups in total. The highest BCUT2D eigenvalue weighted by molar-refractivity contribution is 7.45. The molecule has 2 atom stereocenters. The number of phosphoric acid groups is 1. The quantitative estimate of drug-likeness (QED) is 0.0195. The number of phosphoric ester groups is 1. The lowest BCUT2D eigenvalue weighted by Crippen LogP contribution is -2.37. The minimum atomic E-state index is -4.66. The molecule has 0 radical (unpaired) electrons. The largest absolute Gasteiger partial charge is 0.756 e. The van der Waals surface area contributed by atoms with Gasteiger partial charge in [0.2, 0.25) is 0 Å². The average Bonchev–Trinajstić information content (AvgIpc) is 2.18. The van der Waals surface area contributed by atoms with E-state index in [1.54, 1.807) is 0 Å². The Kier molecular flexibility index (Phi) is 71.4. The van der Waals surface area contributed by atoms with Gasteiger partial charge in [0.1, 0.15) is 19.8 Å². The number of likely N-dealkylation sites (N-methyl/N-ethyl adjacent to an activating group) is 1. The Morgan fingerprint density at radius 3 is 0.895 bits per heavy atom. The van der Waals surface area contributed by atoms with Crippen molar-refractivity contribution in [3.8, 4) is 0 Å². The number of allylic oxidation sites excluding steroid dienone is 22. The SMILES string of the molecule is CC/C=C\C/C=C\C/C=C\C/C=C\C/C=C\C/C=C\C/C=C\C/C=C\C/C=C\C/C=C\C/C=C\CCCCCCCC(=O)OC(COC(=O)CCCCCCCCCCCCCCCCCCCCCCCCCCCCCCCCCC)COP(=O)([O-])OCC[N+](C)(C)C. The molecule has 0 amide bonds. The molecule has 546 valence electrons. The number of rotatable bonds is 72. The van der Waals surface area contributed by atoms with E-state index in [4.69, 9.17) is 18.5 Å². The van der Waals surface area contributed by atoms with Crippen molar-refractivity contribution in [3.05, 3.63) is 134 Å². The minimum Gasteiger partial charge on any atom is -0.756 e. The molecule has 0 aliphatic rings. The normalized spacial score (nSPS) is 13.8. The predicted molar refractivity (Wildman–Crippen MR) is 411 cm³/mol. The van der Waals surface area contributed by atoms with Crippen LogP contribution < -0.4 is 4.89 Å². The lowest BCUT2D eigenvalue weighted by Gasteiger charge is -2.28. The van der Waals surface area contributed by atoms with Gasteiger partial charge in [-0.25, -0.2) is 0 Å². The zero-order valence-corrected chi connectivity index (χ0v) is 63.2. The average molecular weight is 1340 g/mol. The summed E-state index contributed by atoms with van der Waals surface area (Å²) in [5.41, 5.74) is 0. The van der Waals surface area contributed by atoms with Crippen LogP contribution in [0.1, 0.15) is 341 Å². The second-order valence-corrected chi connectivity index (χ2v) is 28.8. The molecule has 0 rings (SSSR count). The number of ether oxygens (including phenoxy) is 2. The van der Waals surface area contributed by atoms with Gasteiger partial charge in [0.25, 0.3) is 7.82 Å². The maximum Gasteiger partial charge on any atom is 0.306 e. The van der Waals surface area contributed by atoms with Gasteiger partial charge in [-0.2, -0.15) is 0 Å². The number of quaternary nitrogens is 1. The summed E-state index contributed by atoms with van der Waals surface area (Å²) < 4.78 is 34.4. The fourth-order valence-corrected chi connectivity index (χ4v) is 11.7. The summed E-state index contributed by atoms with van der Waals surface area (Å²) in [4.78, 5) is 38.2. The molecule has 0 aliphatic carbocycles. The van der Waals surface area contributed by atoms with Crippen LogP contribution in [0.15, 0.2) is 134 Å². The Morgan fingerprint density at radius 1 is 0.337 bits per heavy atom.